The summed E-state index contributed by atoms with van der Waals surface area (Å²) in [6.45, 7) is 1.22. The van der Waals surface area contributed by atoms with Gasteiger partial charge in [0.1, 0.15) is 0 Å². The zero-order chi connectivity index (χ0) is 12.7. The number of nitrogens with one attached hydrogen (secondary N) is 3. The lowest BCUT2D eigenvalue weighted by Crippen LogP contribution is -2.40. The van der Waals surface area contributed by atoms with Crippen LogP contribution in [0.15, 0.2) is 18.2 Å². The van der Waals surface area contributed by atoms with Gasteiger partial charge in [-0.1, -0.05) is 23.2 Å². The molecule has 0 bridgehead atoms. The monoisotopic (exact) mass is 293 g/mol. The summed E-state index contributed by atoms with van der Waals surface area (Å²) in [6.07, 6.45) is 0. The first kappa shape index (κ1) is 14.3. The molecule has 0 fully saturated rings. The highest BCUT2D eigenvalue weighted by molar-refractivity contribution is 7.80. The topological polar surface area (TPSA) is 45.3 Å². The van der Waals surface area contributed by atoms with Gasteiger partial charge in [-0.05, 0) is 30.4 Å². The van der Waals surface area contributed by atoms with E-state index in [2.05, 4.69) is 16.2 Å². The molecule has 0 aliphatic carbocycles. The van der Waals surface area contributed by atoms with E-state index in [-0.39, 0.29) is 0 Å². The van der Waals surface area contributed by atoms with Crippen LogP contribution in [0.4, 0.5) is 5.69 Å². The third-order valence-corrected chi connectivity index (χ3v) is 2.63. The predicted molar refractivity (Wildman–Crippen MR) is 75.7 cm³/mol. The molecule has 0 spiro atoms. The lowest BCUT2D eigenvalue weighted by atomic mass is 10.3. The Balaban J connectivity index is 2.37. The second-order valence-electron chi connectivity index (χ2n) is 3.12. The van der Waals surface area contributed by atoms with Gasteiger partial charge in [0, 0.05) is 18.7 Å². The standard InChI is InChI=1S/C10H13Cl2N3OS/c1-16-5-4-13-10(17)15-14-9-3-2-7(11)6-8(9)12/h2-3,6,14H,4-5H2,1H3,(H2,13,15,17). The molecule has 0 atom stereocenters. The molecule has 0 saturated carbocycles. The number of anilines is 1. The van der Waals surface area contributed by atoms with Crippen molar-refractivity contribution in [2.75, 3.05) is 25.7 Å². The molecule has 0 saturated heterocycles. The molecule has 0 amide bonds. The first-order valence-electron chi connectivity index (χ1n) is 4.87. The molecular formula is C10H13Cl2N3OS. The van der Waals surface area contributed by atoms with Gasteiger partial charge >= 0.3 is 0 Å². The number of benzene rings is 1. The smallest absolute Gasteiger partial charge is 0.185 e. The molecule has 0 aromatic heterocycles. The van der Waals surface area contributed by atoms with E-state index in [9.17, 15) is 0 Å². The molecule has 0 radical (unpaired) electrons. The van der Waals surface area contributed by atoms with Crippen LogP contribution in [0.3, 0.4) is 0 Å². The second kappa shape index (κ2) is 7.55. The van der Waals surface area contributed by atoms with Crippen LogP contribution in [0.25, 0.3) is 0 Å². The molecule has 4 nitrogen and oxygen atoms in total. The Labute approximate surface area is 116 Å². The van der Waals surface area contributed by atoms with Crippen molar-refractivity contribution in [3.8, 4) is 0 Å². The lowest BCUT2D eigenvalue weighted by molar-refractivity contribution is 0.204. The van der Waals surface area contributed by atoms with Crippen LogP contribution in [0.1, 0.15) is 0 Å². The molecule has 7 heteroatoms. The summed E-state index contributed by atoms with van der Waals surface area (Å²) in [5.74, 6) is 0. The van der Waals surface area contributed by atoms with Gasteiger partial charge in [-0.2, -0.15) is 0 Å². The number of hydrogen-bond donors (Lipinski definition) is 3. The Morgan fingerprint density at radius 3 is 2.82 bits per heavy atom. The van der Waals surface area contributed by atoms with Crippen LogP contribution in [0.2, 0.25) is 10.0 Å². The Bertz CT molecular complexity index is 390. The summed E-state index contributed by atoms with van der Waals surface area (Å²) < 4.78 is 4.88. The number of methoxy groups -OCH3 is 1. The Morgan fingerprint density at radius 1 is 1.41 bits per heavy atom. The van der Waals surface area contributed by atoms with Crippen molar-refractivity contribution >= 4 is 46.2 Å². The van der Waals surface area contributed by atoms with Crippen LogP contribution < -0.4 is 16.2 Å². The van der Waals surface area contributed by atoms with E-state index in [1.165, 1.54) is 0 Å². The minimum Gasteiger partial charge on any atom is -0.383 e. The Morgan fingerprint density at radius 2 is 2.18 bits per heavy atom. The fourth-order valence-electron chi connectivity index (χ4n) is 1.03. The molecule has 17 heavy (non-hydrogen) atoms. The maximum atomic E-state index is 5.97. The van der Waals surface area contributed by atoms with Crippen molar-refractivity contribution in [1.82, 2.24) is 10.7 Å². The van der Waals surface area contributed by atoms with Crippen molar-refractivity contribution < 1.29 is 4.74 Å². The lowest BCUT2D eigenvalue weighted by Gasteiger charge is -2.13. The Kier molecular flexibility index (Phi) is 6.36. The summed E-state index contributed by atoms with van der Waals surface area (Å²) in [6, 6.07) is 5.14. The van der Waals surface area contributed by atoms with Crippen molar-refractivity contribution in [3.05, 3.63) is 28.2 Å². The Hall–Kier alpha value is -0.750. The number of halogens is 2. The summed E-state index contributed by atoms with van der Waals surface area (Å²) >= 11 is 16.8. The van der Waals surface area contributed by atoms with E-state index in [0.29, 0.717) is 34.0 Å². The zero-order valence-electron chi connectivity index (χ0n) is 9.22. The average Bonchev–Trinajstić information content (AvgIpc) is 2.28. The third-order valence-electron chi connectivity index (χ3n) is 1.83. The maximum absolute atomic E-state index is 5.97. The van der Waals surface area contributed by atoms with Crippen LogP contribution in [-0.4, -0.2) is 25.4 Å². The normalized spacial score (nSPS) is 9.82. The average molecular weight is 294 g/mol. The molecule has 0 heterocycles. The SMILES string of the molecule is COCCNC(=S)NNc1ccc(Cl)cc1Cl. The first-order valence-corrected chi connectivity index (χ1v) is 6.03. The molecule has 0 aliphatic heterocycles. The van der Waals surface area contributed by atoms with Crippen molar-refractivity contribution in [2.24, 2.45) is 0 Å². The quantitative estimate of drug-likeness (QED) is 0.442. The molecule has 0 aliphatic rings. The van der Waals surface area contributed by atoms with Gasteiger partial charge in [-0.3, -0.25) is 10.9 Å². The summed E-state index contributed by atoms with van der Waals surface area (Å²) in [5.41, 5.74) is 6.39. The van der Waals surface area contributed by atoms with E-state index in [0.717, 1.165) is 0 Å². The molecule has 1 aromatic carbocycles. The molecule has 3 N–H and O–H groups in total. The second-order valence-corrected chi connectivity index (χ2v) is 4.37. The highest BCUT2D eigenvalue weighted by atomic mass is 35.5. The fourth-order valence-corrected chi connectivity index (χ4v) is 1.63. The van der Waals surface area contributed by atoms with Gasteiger partial charge in [0.25, 0.3) is 0 Å². The van der Waals surface area contributed by atoms with Crippen LogP contribution in [-0.2, 0) is 4.74 Å². The summed E-state index contributed by atoms with van der Waals surface area (Å²) in [7, 11) is 1.63. The number of thiocarbonyl (C=S) groups is 1. The predicted octanol–water partition coefficient (Wildman–Crippen LogP) is 2.43. The highest BCUT2D eigenvalue weighted by Crippen LogP contribution is 2.24. The summed E-state index contributed by atoms with van der Waals surface area (Å²) in [5, 5.41) is 4.52. The molecule has 1 rings (SSSR count). The maximum Gasteiger partial charge on any atom is 0.185 e. The number of hydrogen-bond acceptors (Lipinski definition) is 3. The van der Waals surface area contributed by atoms with E-state index in [1.807, 2.05) is 0 Å². The minimum absolute atomic E-state index is 0.466. The number of ether oxygens (including phenoxy) is 1. The van der Waals surface area contributed by atoms with Gasteiger partial charge in [0.2, 0.25) is 0 Å². The number of rotatable bonds is 5. The third kappa shape index (κ3) is 5.41. The van der Waals surface area contributed by atoms with Gasteiger partial charge in [-0.25, -0.2) is 0 Å². The molecule has 0 unspecified atom stereocenters. The number of hydrazine groups is 1. The van der Waals surface area contributed by atoms with Crippen LogP contribution in [0, 0.1) is 0 Å². The fraction of sp³-hybridized carbons (Fsp3) is 0.300. The van der Waals surface area contributed by atoms with Crippen LogP contribution >= 0.6 is 35.4 Å². The molecule has 94 valence electrons. The highest BCUT2D eigenvalue weighted by Gasteiger charge is 2.01. The van der Waals surface area contributed by atoms with Crippen molar-refractivity contribution in [1.29, 1.82) is 0 Å². The van der Waals surface area contributed by atoms with Gasteiger partial charge < -0.3 is 10.1 Å². The van der Waals surface area contributed by atoms with E-state index < -0.39 is 0 Å². The van der Waals surface area contributed by atoms with Gasteiger partial charge in [0.15, 0.2) is 5.11 Å². The van der Waals surface area contributed by atoms with E-state index in [4.69, 9.17) is 40.2 Å². The van der Waals surface area contributed by atoms with E-state index in [1.54, 1.807) is 25.3 Å². The first-order chi connectivity index (χ1) is 8.13. The summed E-state index contributed by atoms with van der Waals surface area (Å²) in [4.78, 5) is 0. The van der Waals surface area contributed by atoms with Crippen molar-refractivity contribution in [2.45, 2.75) is 0 Å². The van der Waals surface area contributed by atoms with E-state index >= 15 is 0 Å². The molecular weight excluding hydrogens is 281 g/mol. The van der Waals surface area contributed by atoms with Gasteiger partial charge in [-0.15, -0.1) is 0 Å². The van der Waals surface area contributed by atoms with Gasteiger partial charge in [0.05, 0.1) is 17.3 Å². The zero-order valence-corrected chi connectivity index (χ0v) is 11.5. The molecule has 1 aromatic rings. The minimum atomic E-state index is 0.466. The van der Waals surface area contributed by atoms with Crippen molar-refractivity contribution in [3.63, 3.8) is 0 Å². The largest absolute Gasteiger partial charge is 0.383 e. The van der Waals surface area contributed by atoms with Crippen LogP contribution in [0.5, 0.6) is 0 Å².